The van der Waals surface area contributed by atoms with E-state index < -0.39 is 43.6 Å². The summed E-state index contributed by atoms with van der Waals surface area (Å²) >= 11 is 3.13. The third kappa shape index (κ3) is 12.9. The fraction of sp³-hybridized carbons (Fsp3) is 0.235. The quantitative estimate of drug-likeness (QED) is 0.145. The van der Waals surface area contributed by atoms with E-state index in [0.717, 1.165) is 34.0 Å². The first kappa shape index (κ1) is 40.8. The molecule has 0 aliphatic carbocycles. The van der Waals surface area contributed by atoms with Crippen molar-refractivity contribution in [3.63, 3.8) is 0 Å². The summed E-state index contributed by atoms with van der Waals surface area (Å²) in [6.45, 7) is 3.47. The van der Waals surface area contributed by atoms with Crippen LogP contribution in [-0.4, -0.2) is 55.5 Å². The zero-order valence-corrected chi connectivity index (χ0v) is 30.9. The van der Waals surface area contributed by atoms with Crippen LogP contribution in [0.3, 0.4) is 0 Å². The summed E-state index contributed by atoms with van der Waals surface area (Å²) in [6, 6.07) is 22.3. The fourth-order valence-corrected chi connectivity index (χ4v) is 6.11. The Morgan fingerprint density at radius 3 is 1.61 bits per heavy atom. The number of benzene rings is 4. The average molecular weight is 784 g/mol. The highest BCUT2D eigenvalue weighted by Gasteiger charge is 2.21. The highest BCUT2D eigenvalue weighted by atomic mass is 79.9. The van der Waals surface area contributed by atoms with Crippen LogP contribution in [0.2, 0.25) is 0 Å². The Bertz CT molecular complexity index is 1990. The molecule has 0 radical (unpaired) electrons. The average Bonchev–Trinajstić information content (AvgIpc) is 3.04. The van der Waals surface area contributed by atoms with Crippen molar-refractivity contribution < 1.29 is 44.7 Å². The molecular weight excluding hydrogens is 746 g/mol. The van der Waals surface area contributed by atoms with E-state index in [-0.39, 0.29) is 23.2 Å². The van der Waals surface area contributed by atoms with Gasteiger partial charge in [0.25, 0.3) is 0 Å². The molecule has 0 aliphatic rings. The van der Waals surface area contributed by atoms with Gasteiger partial charge in [-0.25, -0.2) is 35.2 Å². The SMILES string of the molecule is COC(=O)c1ccc(CBr)c(F)c1.COC(=O)c1ccc(CN(c2ccccc2C)S(C)(=O)=O)c(F)c1.Cc1ccccc1NS(C)(=O)=O. The number of hydrogen-bond donors (Lipinski definition) is 1. The molecule has 0 heterocycles. The number of anilines is 2. The number of rotatable bonds is 9. The molecule has 0 unspecified atom stereocenters. The number of hydrogen-bond acceptors (Lipinski definition) is 8. The smallest absolute Gasteiger partial charge is 0.337 e. The monoisotopic (exact) mass is 782 g/mol. The topological polar surface area (TPSA) is 136 Å². The van der Waals surface area contributed by atoms with Crippen molar-refractivity contribution in [3.05, 3.63) is 130 Å². The van der Waals surface area contributed by atoms with Gasteiger partial charge >= 0.3 is 11.9 Å². The number of carbonyl (C=O) groups excluding carboxylic acids is 2. The molecule has 264 valence electrons. The summed E-state index contributed by atoms with van der Waals surface area (Å²) in [4.78, 5) is 22.4. The first-order chi connectivity index (χ1) is 22.9. The van der Waals surface area contributed by atoms with Crippen molar-refractivity contribution in [1.29, 1.82) is 0 Å². The molecule has 0 saturated heterocycles. The van der Waals surface area contributed by atoms with Crippen molar-refractivity contribution in [3.8, 4) is 0 Å². The minimum atomic E-state index is -3.61. The maximum absolute atomic E-state index is 14.3. The van der Waals surface area contributed by atoms with Crippen LogP contribution in [0.25, 0.3) is 0 Å². The number of halogens is 3. The van der Waals surface area contributed by atoms with Crippen LogP contribution in [0.4, 0.5) is 20.2 Å². The number of sulfonamides is 2. The number of para-hydroxylation sites is 2. The predicted molar refractivity (Wildman–Crippen MR) is 190 cm³/mol. The van der Waals surface area contributed by atoms with Crippen LogP contribution in [-0.2, 0) is 41.4 Å². The Labute approximate surface area is 294 Å². The summed E-state index contributed by atoms with van der Waals surface area (Å²) in [7, 11) is -4.29. The lowest BCUT2D eigenvalue weighted by atomic mass is 10.1. The molecule has 0 spiro atoms. The van der Waals surface area contributed by atoms with Crippen LogP contribution in [0.15, 0.2) is 84.9 Å². The van der Waals surface area contributed by atoms with Crippen LogP contribution in [0.1, 0.15) is 43.0 Å². The maximum atomic E-state index is 14.3. The zero-order chi connectivity index (χ0) is 36.9. The van der Waals surface area contributed by atoms with E-state index in [4.69, 9.17) is 0 Å². The lowest BCUT2D eigenvalue weighted by Crippen LogP contribution is -2.30. The van der Waals surface area contributed by atoms with Gasteiger partial charge in [-0.15, -0.1) is 0 Å². The van der Waals surface area contributed by atoms with Crippen LogP contribution >= 0.6 is 15.9 Å². The van der Waals surface area contributed by atoms with Crippen molar-refractivity contribution in [2.24, 2.45) is 0 Å². The number of ether oxygens (including phenoxy) is 2. The standard InChI is InChI=1S/C17H18FNO4S.C9H8BrFO2.C8H11NO2S/c1-12-6-4-5-7-16(12)19(24(3,21)22)11-14-9-8-13(10-15(14)18)17(20)23-2;1-13-9(12)6-2-3-7(5-10)8(11)4-6;1-7-5-3-4-6-8(7)9-12(2,10)11/h4-10H,11H2,1-3H3;2-4H,5H2,1H3;3-6,9H,1-2H3. The van der Waals surface area contributed by atoms with Crippen molar-refractivity contribution in [2.75, 3.05) is 35.8 Å². The summed E-state index contributed by atoms with van der Waals surface area (Å²) < 4.78 is 85.9. The molecular formula is C34H37BrF2N2O8S2. The van der Waals surface area contributed by atoms with Gasteiger partial charge in [-0.1, -0.05) is 64.5 Å². The van der Waals surface area contributed by atoms with Gasteiger partial charge in [0.05, 0.1) is 55.8 Å². The van der Waals surface area contributed by atoms with E-state index in [9.17, 15) is 35.2 Å². The molecule has 4 aromatic carbocycles. The van der Waals surface area contributed by atoms with E-state index >= 15 is 0 Å². The van der Waals surface area contributed by atoms with E-state index in [1.54, 1.807) is 49.4 Å². The van der Waals surface area contributed by atoms with E-state index in [1.165, 1.54) is 38.5 Å². The first-order valence-corrected chi connectivity index (χ1v) is 19.1. The number of carbonyl (C=O) groups is 2. The summed E-state index contributed by atoms with van der Waals surface area (Å²) in [5.41, 5.74) is 3.78. The minimum Gasteiger partial charge on any atom is -0.465 e. The lowest BCUT2D eigenvalue weighted by Gasteiger charge is -2.24. The number of esters is 2. The molecule has 10 nitrogen and oxygen atoms in total. The van der Waals surface area contributed by atoms with Crippen molar-refractivity contribution >= 4 is 59.3 Å². The molecule has 0 aliphatic heterocycles. The van der Waals surface area contributed by atoms with Gasteiger partial charge in [-0.05, 0) is 66.9 Å². The van der Waals surface area contributed by atoms with Gasteiger partial charge in [0.1, 0.15) is 11.6 Å². The van der Waals surface area contributed by atoms with E-state index in [0.29, 0.717) is 22.3 Å². The number of methoxy groups -OCH3 is 2. The minimum absolute atomic E-state index is 0.0700. The molecule has 0 amide bonds. The Morgan fingerprint density at radius 2 is 1.20 bits per heavy atom. The summed E-state index contributed by atoms with van der Waals surface area (Å²) in [5, 5.41) is 0.431. The van der Waals surface area contributed by atoms with E-state index in [1.807, 2.05) is 19.1 Å². The number of nitrogens with zero attached hydrogens (tertiary/aromatic N) is 1. The normalized spacial score (nSPS) is 10.8. The molecule has 1 N–H and O–H groups in total. The van der Waals surface area contributed by atoms with Crippen LogP contribution < -0.4 is 9.03 Å². The predicted octanol–water partition coefficient (Wildman–Crippen LogP) is 6.76. The molecule has 4 aromatic rings. The van der Waals surface area contributed by atoms with E-state index in [2.05, 4.69) is 30.1 Å². The molecule has 49 heavy (non-hydrogen) atoms. The molecule has 0 atom stereocenters. The molecule has 0 aromatic heterocycles. The Kier molecular flexibility index (Phi) is 15.4. The molecule has 4 rings (SSSR count). The van der Waals surface area contributed by atoms with Crippen molar-refractivity contribution in [1.82, 2.24) is 0 Å². The zero-order valence-electron chi connectivity index (χ0n) is 27.7. The summed E-state index contributed by atoms with van der Waals surface area (Å²) in [5.74, 6) is -2.25. The third-order valence-electron chi connectivity index (χ3n) is 6.63. The first-order valence-electron chi connectivity index (χ1n) is 14.3. The summed E-state index contributed by atoms with van der Waals surface area (Å²) in [6.07, 6.45) is 2.21. The highest BCUT2D eigenvalue weighted by molar-refractivity contribution is 9.08. The van der Waals surface area contributed by atoms with Crippen LogP contribution in [0, 0.1) is 25.5 Å². The number of alkyl halides is 1. The number of aryl methyl sites for hydroxylation is 2. The van der Waals surface area contributed by atoms with Gasteiger partial charge in [0.2, 0.25) is 20.0 Å². The van der Waals surface area contributed by atoms with Gasteiger partial charge in [0, 0.05) is 10.9 Å². The Morgan fingerprint density at radius 1 is 0.735 bits per heavy atom. The Balaban J connectivity index is 0.000000281. The fourth-order valence-electron chi connectivity index (χ4n) is 4.09. The maximum Gasteiger partial charge on any atom is 0.337 e. The highest BCUT2D eigenvalue weighted by Crippen LogP contribution is 2.25. The molecule has 15 heteroatoms. The van der Waals surface area contributed by atoms with Gasteiger partial charge in [-0.3, -0.25) is 9.03 Å². The largest absolute Gasteiger partial charge is 0.465 e. The van der Waals surface area contributed by atoms with Gasteiger partial charge in [-0.2, -0.15) is 0 Å². The molecule has 0 bridgehead atoms. The van der Waals surface area contributed by atoms with Gasteiger partial charge < -0.3 is 9.47 Å². The molecule has 0 fully saturated rings. The number of nitrogens with one attached hydrogen (secondary N) is 1. The Hall–Kier alpha value is -4.34. The van der Waals surface area contributed by atoms with Crippen molar-refractivity contribution in [2.45, 2.75) is 25.7 Å². The van der Waals surface area contributed by atoms with Crippen LogP contribution in [0.5, 0.6) is 0 Å². The third-order valence-corrected chi connectivity index (χ3v) is 8.95. The second kappa shape index (κ2) is 18.4. The lowest BCUT2D eigenvalue weighted by molar-refractivity contribution is 0.0591. The molecule has 0 saturated carbocycles. The van der Waals surface area contributed by atoms with Gasteiger partial charge in [0.15, 0.2) is 0 Å². The second-order valence-electron chi connectivity index (χ2n) is 10.5. The second-order valence-corrected chi connectivity index (χ2v) is 14.7.